The van der Waals surface area contributed by atoms with Gasteiger partial charge in [0.15, 0.2) is 5.71 Å². The highest BCUT2D eigenvalue weighted by Gasteiger charge is 2.30. The Bertz CT molecular complexity index is 423. The van der Waals surface area contributed by atoms with Gasteiger partial charge in [0.05, 0.1) is 5.56 Å². The summed E-state index contributed by atoms with van der Waals surface area (Å²) in [6, 6.07) is 3.54. The summed E-state index contributed by atoms with van der Waals surface area (Å²) in [4.78, 5) is 10.6. The predicted octanol–water partition coefficient (Wildman–Crippen LogP) is 1.45. The molecule has 0 aliphatic carbocycles. The number of carboxylic acids is 1. The number of hydrogen-bond donors (Lipinski definition) is 2. The van der Waals surface area contributed by atoms with Crippen LogP contribution in [0.2, 0.25) is 0 Å². The molecular weight excluding hydrogens is 225 g/mol. The van der Waals surface area contributed by atoms with Gasteiger partial charge < -0.3 is 10.9 Å². The molecule has 0 fully saturated rings. The van der Waals surface area contributed by atoms with Gasteiger partial charge >= 0.3 is 12.1 Å². The zero-order valence-corrected chi connectivity index (χ0v) is 7.82. The Morgan fingerprint density at radius 2 is 1.75 bits per heavy atom. The number of carboxylic acid groups (broad SMARTS) is 1. The van der Waals surface area contributed by atoms with Gasteiger partial charge in [-0.2, -0.15) is 18.3 Å². The predicted molar refractivity (Wildman–Crippen MR) is 49.8 cm³/mol. The van der Waals surface area contributed by atoms with Gasteiger partial charge in [0.2, 0.25) is 0 Å². The van der Waals surface area contributed by atoms with Crippen molar-refractivity contribution in [2.24, 2.45) is 10.9 Å². The first kappa shape index (κ1) is 12.0. The van der Waals surface area contributed by atoms with Crippen molar-refractivity contribution in [3.8, 4) is 0 Å². The molecule has 0 aliphatic rings. The highest BCUT2D eigenvalue weighted by atomic mass is 19.4. The molecule has 1 aromatic rings. The zero-order valence-electron chi connectivity index (χ0n) is 7.82. The summed E-state index contributed by atoms with van der Waals surface area (Å²) in [5.41, 5.74) is -1.34. The molecule has 7 heteroatoms. The number of carbonyl (C=O) groups is 1. The van der Waals surface area contributed by atoms with E-state index in [0.29, 0.717) is 0 Å². The van der Waals surface area contributed by atoms with Gasteiger partial charge in [0.1, 0.15) is 0 Å². The number of rotatable bonds is 2. The van der Waals surface area contributed by atoms with Crippen molar-refractivity contribution in [2.45, 2.75) is 6.18 Å². The molecule has 16 heavy (non-hydrogen) atoms. The SMILES string of the molecule is N/N=C(\C(=O)O)c1ccc(C(F)(F)F)cc1. The molecule has 0 aliphatic heterocycles. The lowest BCUT2D eigenvalue weighted by Gasteiger charge is -2.07. The molecule has 0 amide bonds. The Balaban J connectivity index is 3.09. The average Bonchev–Trinajstić information content (AvgIpc) is 2.17. The zero-order chi connectivity index (χ0) is 12.3. The molecule has 4 nitrogen and oxygen atoms in total. The van der Waals surface area contributed by atoms with Crippen LogP contribution in [0.25, 0.3) is 0 Å². The van der Waals surface area contributed by atoms with Crippen molar-refractivity contribution in [1.29, 1.82) is 0 Å². The third kappa shape index (κ3) is 2.50. The molecule has 0 spiro atoms. The summed E-state index contributed by atoms with van der Waals surface area (Å²) in [6.45, 7) is 0. The fourth-order valence-electron chi connectivity index (χ4n) is 1.07. The fraction of sp³-hybridized carbons (Fsp3) is 0.111. The third-order valence-electron chi connectivity index (χ3n) is 1.82. The van der Waals surface area contributed by atoms with Crippen molar-refractivity contribution in [3.63, 3.8) is 0 Å². The number of alkyl halides is 3. The maximum Gasteiger partial charge on any atom is 0.416 e. The lowest BCUT2D eigenvalue weighted by atomic mass is 10.1. The van der Waals surface area contributed by atoms with Crippen LogP contribution in [0.4, 0.5) is 13.2 Å². The van der Waals surface area contributed by atoms with Gasteiger partial charge in [-0.3, -0.25) is 0 Å². The molecule has 1 aromatic carbocycles. The number of hydrogen-bond acceptors (Lipinski definition) is 3. The summed E-state index contributed by atoms with van der Waals surface area (Å²) in [6.07, 6.45) is -4.46. The second kappa shape index (κ2) is 4.21. The monoisotopic (exact) mass is 232 g/mol. The van der Waals surface area contributed by atoms with Gasteiger partial charge in [-0.05, 0) is 12.1 Å². The molecule has 1 rings (SSSR count). The molecule has 0 bridgehead atoms. The summed E-state index contributed by atoms with van der Waals surface area (Å²) in [7, 11) is 0. The van der Waals surface area contributed by atoms with Gasteiger partial charge in [-0.25, -0.2) is 4.79 Å². The summed E-state index contributed by atoms with van der Waals surface area (Å²) >= 11 is 0. The van der Waals surface area contributed by atoms with E-state index in [1.807, 2.05) is 0 Å². The van der Waals surface area contributed by atoms with E-state index in [9.17, 15) is 18.0 Å². The van der Waals surface area contributed by atoms with Gasteiger partial charge in [-0.15, -0.1) is 0 Å². The van der Waals surface area contributed by atoms with Crippen molar-refractivity contribution < 1.29 is 23.1 Å². The Morgan fingerprint density at radius 1 is 1.25 bits per heavy atom. The van der Waals surface area contributed by atoms with Crippen LogP contribution in [0, 0.1) is 0 Å². The average molecular weight is 232 g/mol. The van der Waals surface area contributed by atoms with E-state index in [1.165, 1.54) is 0 Å². The number of benzene rings is 1. The maximum atomic E-state index is 12.2. The van der Waals surface area contributed by atoms with Gasteiger partial charge in [0, 0.05) is 5.56 Å². The molecule has 3 N–H and O–H groups in total. The van der Waals surface area contributed by atoms with E-state index >= 15 is 0 Å². The Kier molecular flexibility index (Phi) is 3.17. The molecule has 86 valence electrons. The van der Waals surface area contributed by atoms with Crippen LogP contribution in [-0.4, -0.2) is 16.8 Å². The topological polar surface area (TPSA) is 75.7 Å². The van der Waals surface area contributed by atoms with E-state index in [2.05, 4.69) is 5.10 Å². The minimum atomic E-state index is -4.46. The Labute approximate surface area is 88.2 Å². The highest BCUT2D eigenvalue weighted by Crippen LogP contribution is 2.29. The Morgan fingerprint density at radius 3 is 2.06 bits per heavy atom. The second-order valence-corrected chi connectivity index (χ2v) is 2.86. The molecule has 0 saturated heterocycles. The lowest BCUT2D eigenvalue weighted by Crippen LogP contribution is -2.16. The largest absolute Gasteiger partial charge is 0.476 e. The van der Waals surface area contributed by atoms with E-state index in [-0.39, 0.29) is 5.56 Å². The van der Waals surface area contributed by atoms with Crippen LogP contribution in [0.5, 0.6) is 0 Å². The van der Waals surface area contributed by atoms with Crippen LogP contribution in [0.1, 0.15) is 11.1 Å². The third-order valence-corrected chi connectivity index (χ3v) is 1.82. The molecular formula is C9H7F3N2O2. The minimum Gasteiger partial charge on any atom is -0.476 e. The molecule has 0 aromatic heterocycles. The second-order valence-electron chi connectivity index (χ2n) is 2.86. The van der Waals surface area contributed by atoms with Gasteiger partial charge in [-0.1, -0.05) is 12.1 Å². The number of nitrogens with two attached hydrogens (primary N) is 1. The smallest absolute Gasteiger partial charge is 0.416 e. The van der Waals surface area contributed by atoms with Crippen molar-refractivity contribution >= 4 is 11.7 Å². The number of nitrogens with zero attached hydrogens (tertiary/aromatic N) is 1. The van der Waals surface area contributed by atoms with E-state index < -0.39 is 23.4 Å². The fourth-order valence-corrected chi connectivity index (χ4v) is 1.07. The first-order chi connectivity index (χ1) is 7.36. The van der Waals surface area contributed by atoms with E-state index in [1.54, 1.807) is 0 Å². The lowest BCUT2D eigenvalue weighted by molar-refractivity contribution is -0.137. The van der Waals surface area contributed by atoms with Crippen molar-refractivity contribution in [1.82, 2.24) is 0 Å². The maximum absolute atomic E-state index is 12.2. The highest BCUT2D eigenvalue weighted by molar-refractivity contribution is 6.42. The number of hydrazone groups is 1. The summed E-state index contributed by atoms with van der Waals surface area (Å²) < 4.78 is 36.6. The van der Waals surface area contributed by atoms with Crippen LogP contribution in [0.3, 0.4) is 0 Å². The van der Waals surface area contributed by atoms with Crippen LogP contribution < -0.4 is 5.84 Å². The molecule has 0 saturated carbocycles. The first-order valence-electron chi connectivity index (χ1n) is 4.05. The number of aliphatic carboxylic acids is 1. The van der Waals surface area contributed by atoms with Gasteiger partial charge in [0.25, 0.3) is 0 Å². The number of halogens is 3. The summed E-state index contributed by atoms with van der Waals surface area (Å²) in [5, 5.41) is 11.6. The van der Waals surface area contributed by atoms with Crippen molar-refractivity contribution in [3.05, 3.63) is 35.4 Å². The summed E-state index contributed by atoms with van der Waals surface area (Å²) in [5.74, 6) is 3.41. The van der Waals surface area contributed by atoms with Crippen LogP contribution in [-0.2, 0) is 11.0 Å². The molecule has 0 heterocycles. The first-order valence-corrected chi connectivity index (χ1v) is 4.05. The minimum absolute atomic E-state index is 0.0167. The standard InChI is InChI=1S/C9H7F3N2O2/c10-9(11,12)6-3-1-5(2-4-6)7(14-13)8(15)16/h1-4H,13H2,(H,15,16)/b14-7-. The molecule has 0 radical (unpaired) electrons. The van der Waals surface area contributed by atoms with E-state index in [4.69, 9.17) is 10.9 Å². The van der Waals surface area contributed by atoms with Crippen molar-refractivity contribution in [2.75, 3.05) is 0 Å². The van der Waals surface area contributed by atoms with Crippen LogP contribution in [0.15, 0.2) is 29.4 Å². The molecule has 0 unspecified atom stereocenters. The normalized spacial score (nSPS) is 12.6. The Hall–Kier alpha value is -2.05. The van der Waals surface area contributed by atoms with E-state index in [0.717, 1.165) is 24.3 Å². The van der Waals surface area contributed by atoms with Crippen LogP contribution >= 0.6 is 0 Å². The molecule has 0 atom stereocenters. The quantitative estimate of drug-likeness (QED) is 0.460.